The Balaban J connectivity index is 1.33. The summed E-state index contributed by atoms with van der Waals surface area (Å²) in [5, 5.41) is 3.19. The molecule has 3 aromatic rings. The van der Waals surface area contributed by atoms with Crippen molar-refractivity contribution in [2.75, 3.05) is 13.1 Å². The van der Waals surface area contributed by atoms with Crippen LogP contribution >= 0.6 is 0 Å². The van der Waals surface area contributed by atoms with Crippen molar-refractivity contribution in [2.45, 2.75) is 45.8 Å². The second-order valence-corrected chi connectivity index (χ2v) is 7.95. The van der Waals surface area contributed by atoms with Crippen LogP contribution in [-0.2, 0) is 17.9 Å². The fourth-order valence-electron chi connectivity index (χ4n) is 4.31. The Morgan fingerprint density at radius 1 is 1.10 bits per heavy atom. The van der Waals surface area contributed by atoms with E-state index in [0.717, 1.165) is 55.9 Å². The lowest BCUT2D eigenvalue weighted by Crippen LogP contribution is -2.41. The van der Waals surface area contributed by atoms with E-state index in [9.17, 15) is 4.79 Å². The molecular formula is C24H30N4O. The fourth-order valence-corrected chi connectivity index (χ4v) is 4.31. The average molecular weight is 391 g/mol. The van der Waals surface area contributed by atoms with E-state index in [4.69, 9.17) is 4.98 Å². The molecule has 0 saturated carbocycles. The smallest absolute Gasteiger partial charge is 0.223 e. The summed E-state index contributed by atoms with van der Waals surface area (Å²) < 4.78 is 2.30. The predicted octanol–water partition coefficient (Wildman–Crippen LogP) is 4.15. The number of nitrogens with one attached hydrogen (secondary N) is 1. The molecular weight excluding hydrogens is 360 g/mol. The summed E-state index contributed by atoms with van der Waals surface area (Å²) >= 11 is 0. The number of aromatic nitrogens is 2. The molecule has 0 aliphatic carbocycles. The highest BCUT2D eigenvalue weighted by Gasteiger charge is 2.26. The van der Waals surface area contributed by atoms with Gasteiger partial charge in [0.2, 0.25) is 5.91 Å². The monoisotopic (exact) mass is 390 g/mol. The molecule has 1 amide bonds. The van der Waals surface area contributed by atoms with Crippen LogP contribution in [0.25, 0.3) is 11.0 Å². The number of hydrogen-bond acceptors (Lipinski definition) is 3. The maximum absolute atomic E-state index is 12.7. The zero-order valence-corrected chi connectivity index (χ0v) is 17.3. The standard InChI is InChI=1S/C24H30N4O/c1-3-28-22-12-8-7-11-21(22)26-23(28)17-27-15-13-20(14-16-27)24(29)25-18(2)19-9-5-4-6-10-19/h4-12,18,20H,3,13-17H2,1-2H3,(H,25,29)/t18-/m0/s1. The summed E-state index contributed by atoms with van der Waals surface area (Å²) in [6.45, 7) is 7.86. The van der Waals surface area contributed by atoms with Gasteiger partial charge in [-0.15, -0.1) is 0 Å². The third-order valence-electron chi connectivity index (χ3n) is 6.03. The molecule has 1 atom stereocenters. The Morgan fingerprint density at radius 2 is 1.79 bits per heavy atom. The molecule has 5 heteroatoms. The Kier molecular flexibility index (Phi) is 5.95. The SMILES string of the molecule is CCn1c(CN2CCC(C(=O)N[C@@H](C)c3ccccc3)CC2)nc2ccccc21. The van der Waals surface area contributed by atoms with Crippen LogP contribution in [0.5, 0.6) is 0 Å². The minimum absolute atomic E-state index is 0.0474. The lowest BCUT2D eigenvalue weighted by molar-refractivity contribution is -0.127. The number of fused-ring (bicyclic) bond motifs is 1. The second kappa shape index (κ2) is 8.78. The van der Waals surface area contributed by atoms with Crippen LogP contribution in [0, 0.1) is 5.92 Å². The highest BCUT2D eigenvalue weighted by atomic mass is 16.1. The highest BCUT2D eigenvalue weighted by Crippen LogP contribution is 2.23. The Hall–Kier alpha value is -2.66. The topological polar surface area (TPSA) is 50.2 Å². The summed E-state index contributed by atoms with van der Waals surface area (Å²) in [5.74, 6) is 1.40. The first-order chi connectivity index (χ1) is 14.2. The van der Waals surface area contributed by atoms with Gasteiger partial charge in [0.1, 0.15) is 5.82 Å². The summed E-state index contributed by atoms with van der Waals surface area (Å²) in [6, 6.07) is 18.5. The molecule has 0 radical (unpaired) electrons. The van der Waals surface area contributed by atoms with Crippen molar-refractivity contribution < 1.29 is 4.79 Å². The predicted molar refractivity (Wildman–Crippen MR) is 116 cm³/mol. The fraction of sp³-hybridized carbons (Fsp3) is 0.417. The zero-order chi connectivity index (χ0) is 20.2. The van der Waals surface area contributed by atoms with Gasteiger partial charge in [-0.2, -0.15) is 0 Å². The molecule has 29 heavy (non-hydrogen) atoms. The van der Waals surface area contributed by atoms with Crippen molar-refractivity contribution >= 4 is 16.9 Å². The molecule has 4 rings (SSSR count). The van der Waals surface area contributed by atoms with E-state index in [1.54, 1.807) is 0 Å². The van der Waals surface area contributed by atoms with E-state index in [1.807, 2.05) is 24.3 Å². The Bertz CT molecular complexity index is 957. The number of rotatable bonds is 6. The third kappa shape index (κ3) is 4.35. The van der Waals surface area contributed by atoms with Crippen LogP contribution in [0.15, 0.2) is 54.6 Å². The summed E-state index contributed by atoms with van der Waals surface area (Å²) in [6.07, 6.45) is 1.80. The number of likely N-dealkylation sites (tertiary alicyclic amines) is 1. The van der Waals surface area contributed by atoms with Crippen LogP contribution in [-0.4, -0.2) is 33.4 Å². The summed E-state index contributed by atoms with van der Waals surface area (Å²) in [7, 11) is 0. The Morgan fingerprint density at radius 3 is 2.52 bits per heavy atom. The first-order valence-electron chi connectivity index (χ1n) is 10.7. The van der Waals surface area contributed by atoms with Gasteiger partial charge in [0.05, 0.1) is 23.6 Å². The lowest BCUT2D eigenvalue weighted by Gasteiger charge is -2.31. The number of amides is 1. The van der Waals surface area contributed by atoms with Crippen molar-refractivity contribution in [3.63, 3.8) is 0 Å². The molecule has 0 unspecified atom stereocenters. The molecule has 2 heterocycles. The van der Waals surface area contributed by atoms with E-state index in [2.05, 4.69) is 59.0 Å². The maximum atomic E-state index is 12.7. The minimum Gasteiger partial charge on any atom is -0.349 e. The molecule has 1 aromatic heterocycles. The molecule has 1 aliphatic heterocycles. The van der Waals surface area contributed by atoms with Crippen molar-refractivity contribution in [3.05, 3.63) is 66.0 Å². The van der Waals surface area contributed by atoms with Gasteiger partial charge in [0, 0.05) is 12.5 Å². The molecule has 0 bridgehead atoms. The van der Waals surface area contributed by atoms with Gasteiger partial charge in [0.25, 0.3) is 0 Å². The minimum atomic E-state index is 0.0474. The number of piperidine rings is 1. The van der Waals surface area contributed by atoms with Gasteiger partial charge in [-0.1, -0.05) is 42.5 Å². The van der Waals surface area contributed by atoms with Crippen molar-refractivity contribution in [2.24, 2.45) is 5.92 Å². The van der Waals surface area contributed by atoms with Crippen molar-refractivity contribution in [1.82, 2.24) is 19.8 Å². The molecule has 2 aromatic carbocycles. The van der Waals surface area contributed by atoms with Crippen LogP contribution < -0.4 is 5.32 Å². The number of carbonyl (C=O) groups is 1. The second-order valence-electron chi connectivity index (χ2n) is 7.95. The number of aryl methyl sites for hydroxylation is 1. The number of para-hydroxylation sites is 2. The number of carbonyl (C=O) groups excluding carboxylic acids is 1. The summed E-state index contributed by atoms with van der Waals surface area (Å²) in [5.41, 5.74) is 3.42. The molecule has 5 nitrogen and oxygen atoms in total. The van der Waals surface area contributed by atoms with Crippen LogP contribution in [0.2, 0.25) is 0 Å². The van der Waals surface area contributed by atoms with E-state index < -0.39 is 0 Å². The lowest BCUT2D eigenvalue weighted by atomic mass is 9.95. The van der Waals surface area contributed by atoms with E-state index in [0.29, 0.717) is 0 Å². The highest BCUT2D eigenvalue weighted by molar-refractivity contribution is 5.79. The first kappa shape index (κ1) is 19.6. The van der Waals surface area contributed by atoms with E-state index >= 15 is 0 Å². The van der Waals surface area contributed by atoms with Crippen LogP contribution in [0.4, 0.5) is 0 Å². The normalized spacial score (nSPS) is 16.8. The molecule has 1 saturated heterocycles. The molecule has 0 spiro atoms. The Labute approximate surface area is 172 Å². The van der Waals surface area contributed by atoms with Crippen LogP contribution in [0.1, 0.15) is 44.1 Å². The zero-order valence-electron chi connectivity index (χ0n) is 17.3. The average Bonchev–Trinajstić information content (AvgIpc) is 3.11. The van der Waals surface area contributed by atoms with E-state index in [-0.39, 0.29) is 17.9 Å². The van der Waals surface area contributed by atoms with Gasteiger partial charge in [-0.3, -0.25) is 9.69 Å². The van der Waals surface area contributed by atoms with Crippen molar-refractivity contribution in [3.8, 4) is 0 Å². The van der Waals surface area contributed by atoms with Gasteiger partial charge >= 0.3 is 0 Å². The number of benzene rings is 2. The molecule has 1 aliphatic rings. The van der Waals surface area contributed by atoms with E-state index in [1.165, 1.54) is 5.52 Å². The number of nitrogens with zero attached hydrogens (tertiary/aromatic N) is 3. The summed E-state index contributed by atoms with van der Waals surface area (Å²) in [4.78, 5) is 20.0. The maximum Gasteiger partial charge on any atom is 0.223 e. The van der Waals surface area contributed by atoms with Crippen molar-refractivity contribution in [1.29, 1.82) is 0 Å². The van der Waals surface area contributed by atoms with Gasteiger partial charge in [0.15, 0.2) is 0 Å². The molecule has 1 fully saturated rings. The van der Waals surface area contributed by atoms with Crippen LogP contribution in [0.3, 0.4) is 0 Å². The van der Waals surface area contributed by atoms with Gasteiger partial charge in [-0.25, -0.2) is 4.98 Å². The first-order valence-corrected chi connectivity index (χ1v) is 10.7. The van der Waals surface area contributed by atoms with Gasteiger partial charge < -0.3 is 9.88 Å². The quantitative estimate of drug-likeness (QED) is 0.688. The molecule has 152 valence electrons. The molecule has 1 N–H and O–H groups in total. The van der Waals surface area contributed by atoms with Gasteiger partial charge in [-0.05, 0) is 57.5 Å². The third-order valence-corrected chi connectivity index (χ3v) is 6.03. The number of imidazole rings is 1. The largest absolute Gasteiger partial charge is 0.349 e. The number of hydrogen-bond donors (Lipinski definition) is 1.